The lowest BCUT2D eigenvalue weighted by molar-refractivity contribution is -0.139. The summed E-state index contributed by atoms with van der Waals surface area (Å²) in [6, 6.07) is 3.45. The Morgan fingerprint density at radius 1 is 1.20 bits per heavy atom. The van der Waals surface area contributed by atoms with Gasteiger partial charge in [0, 0.05) is 6.04 Å². The maximum Gasteiger partial charge on any atom is 0.329 e. The monoisotopic (exact) mass is 413 g/mol. The molecular weight excluding hydrogens is 390 g/mol. The van der Waals surface area contributed by atoms with E-state index >= 15 is 0 Å². The maximum absolute atomic E-state index is 11.7. The topological polar surface area (TPSA) is 89.0 Å². The van der Waals surface area contributed by atoms with E-state index in [1.54, 1.807) is 12.1 Å². The van der Waals surface area contributed by atoms with E-state index in [-0.39, 0.29) is 6.04 Å². The first-order chi connectivity index (χ1) is 11.9. The Balaban J connectivity index is 2.80. The molecule has 1 aromatic rings. The molecule has 138 valence electrons. The molecule has 0 aliphatic carbocycles. The molecule has 0 aliphatic heterocycles. The van der Waals surface area contributed by atoms with Gasteiger partial charge >= 0.3 is 11.8 Å². The normalized spacial score (nSPS) is 11.9. The number of nitrogens with zero attached hydrogens (tertiary/aromatic N) is 1. The van der Waals surface area contributed by atoms with Crippen molar-refractivity contribution in [3.63, 3.8) is 0 Å². The molecule has 8 heteroatoms. The molecule has 0 saturated carbocycles. The summed E-state index contributed by atoms with van der Waals surface area (Å²) in [6.45, 7) is 8.49. The SMILES string of the molecule is CCOc1cc(/C=N\NC(=O)C(=O)N[C@H](C)CC)cc(Br)c1OCC. The summed E-state index contributed by atoms with van der Waals surface area (Å²) in [5, 5.41) is 6.38. The lowest BCUT2D eigenvalue weighted by Gasteiger charge is -2.13. The summed E-state index contributed by atoms with van der Waals surface area (Å²) in [5.41, 5.74) is 2.88. The molecule has 0 aliphatic rings. The number of rotatable bonds is 8. The van der Waals surface area contributed by atoms with E-state index in [2.05, 4.69) is 31.8 Å². The van der Waals surface area contributed by atoms with Gasteiger partial charge in [0.25, 0.3) is 0 Å². The maximum atomic E-state index is 11.7. The molecule has 0 bridgehead atoms. The summed E-state index contributed by atoms with van der Waals surface area (Å²) >= 11 is 3.43. The molecule has 0 aromatic heterocycles. The van der Waals surface area contributed by atoms with Crippen LogP contribution in [0.3, 0.4) is 0 Å². The van der Waals surface area contributed by atoms with Crippen molar-refractivity contribution in [1.29, 1.82) is 0 Å². The van der Waals surface area contributed by atoms with Crippen LogP contribution in [0.2, 0.25) is 0 Å². The molecule has 2 amide bonds. The van der Waals surface area contributed by atoms with Crippen molar-refractivity contribution in [2.45, 2.75) is 40.2 Å². The highest BCUT2D eigenvalue weighted by Crippen LogP contribution is 2.36. The zero-order chi connectivity index (χ0) is 18.8. The third-order valence-corrected chi connectivity index (χ3v) is 3.79. The van der Waals surface area contributed by atoms with Crippen LogP contribution in [-0.4, -0.2) is 37.3 Å². The number of amides is 2. The molecule has 0 saturated heterocycles. The van der Waals surface area contributed by atoms with Gasteiger partial charge in [-0.2, -0.15) is 5.10 Å². The Morgan fingerprint density at radius 2 is 1.88 bits per heavy atom. The third-order valence-electron chi connectivity index (χ3n) is 3.20. The van der Waals surface area contributed by atoms with Gasteiger partial charge in [-0.25, -0.2) is 5.43 Å². The van der Waals surface area contributed by atoms with E-state index in [0.717, 1.165) is 6.42 Å². The predicted octanol–water partition coefficient (Wildman–Crippen LogP) is 2.61. The Kier molecular flexibility index (Phi) is 8.98. The van der Waals surface area contributed by atoms with Crippen LogP contribution in [0.4, 0.5) is 0 Å². The highest BCUT2D eigenvalue weighted by atomic mass is 79.9. The second-order valence-corrected chi connectivity index (χ2v) is 6.03. The predicted molar refractivity (Wildman–Crippen MR) is 100 cm³/mol. The van der Waals surface area contributed by atoms with Gasteiger partial charge in [0.2, 0.25) is 0 Å². The van der Waals surface area contributed by atoms with E-state index in [9.17, 15) is 9.59 Å². The average molecular weight is 414 g/mol. The van der Waals surface area contributed by atoms with E-state index in [1.807, 2.05) is 27.7 Å². The van der Waals surface area contributed by atoms with Crippen LogP contribution in [0.15, 0.2) is 21.7 Å². The summed E-state index contributed by atoms with van der Waals surface area (Å²) in [5.74, 6) is -0.347. The number of hydrogen-bond acceptors (Lipinski definition) is 5. The lowest BCUT2D eigenvalue weighted by atomic mass is 10.2. The number of carbonyl (C=O) groups excluding carboxylic acids is 2. The minimum Gasteiger partial charge on any atom is -0.490 e. The molecule has 7 nitrogen and oxygen atoms in total. The first kappa shape index (κ1) is 21.0. The van der Waals surface area contributed by atoms with Crippen LogP contribution in [0.1, 0.15) is 39.7 Å². The van der Waals surface area contributed by atoms with Crippen molar-refractivity contribution < 1.29 is 19.1 Å². The summed E-state index contributed by atoms with van der Waals surface area (Å²) in [7, 11) is 0. The largest absolute Gasteiger partial charge is 0.490 e. The number of nitrogens with one attached hydrogen (secondary N) is 2. The van der Waals surface area contributed by atoms with Crippen molar-refractivity contribution in [2.24, 2.45) is 5.10 Å². The highest BCUT2D eigenvalue weighted by molar-refractivity contribution is 9.10. The molecular formula is C17H24BrN3O4. The standard InChI is InChI=1S/C17H24BrN3O4/c1-5-11(4)20-16(22)17(23)21-19-10-12-8-13(18)15(25-7-3)14(9-12)24-6-2/h8-11H,5-7H2,1-4H3,(H,20,22)(H,21,23)/b19-10-/t11-/m1/s1. The Hall–Kier alpha value is -2.09. The second kappa shape index (κ2) is 10.7. The number of carbonyl (C=O) groups is 2. The minimum atomic E-state index is -0.813. The summed E-state index contributed by atoms with van der Waals surface area (Å²) in [6.07, 6.45) is 2.17. The number of ether oxygens (including phenoxy) is 2. The van der Waals surface area contributed by atoms with Gasteiger partial charge < -0.3 is 14.8 Å². The molecule has 0 heterocycles. The third kappa shape index (κ3) is 6.74. The number of hydrogen-bond donors (Lipinski definition) is 2. The molecule has 2 N–H and O–H groups in total. The van der Waals surface area contributed by atoms with Crippen LogP contribution in [0.5, 0.6) is 11.5 Å². The van der Waals surface area contributed by atoms with Gasteiger partial charge in [-0.1, -0.05) is 6.92 Å². The number of benzene rings is 1. The smallest absolute Gasteiger partial charge is 0.329 e. The van der Waals surface area contributed by atoms with E-state index < -0.39 is 11.8 Å². The van der Waals surface area contributed by atoms with Crippen molar-refractivity contribution in [3.05, 3.63) is 22.2 Å². The van der Waals surface area contributed by atoms with Crippen LogP contribution < -0.4 is 20.2 Å². The van der Waals surface area contributed by atoms with Crippen molar-refractivity contribution in [2.75, 3.05) is 13.2 Å². The second-order valence-electron chi connectivity index (χ2n) is 5.18. The van der Waals surface area contributed by atoms with Crippen LogP contribution in [0.25, 0.3) is 0 Å². The van der Waals surface area contributed by atoms with Gasteiger partial charge in [-0.3, -0.25) is 9.59 Å². The van der Waals surface area contributed by atoms with E-state index in [4.69, 9.17) is 9.47 Å². The number of hydrazone groups is 1. The molecule has 1 rings (SSSR count). The van der Waals surface area contributed by atoms with Crippen LogP contribution in [-0.2, 0) is 9.59 Å². The van der Waals surface area contributed by atoms with Crippen LogP contribution >= 0.6 is 15.9 Å². The zero-order valence-electron chi connectivity index (χ0n) is 14.9. The van der Waals surface area contributed by atoms with Crippen LogP contribution in [0, 0.1) is 0 Å². The van der Waals surface area contributed by atoms with Gasteiger partial charge in [0.05, 0.1) is 23.9 Å². The molecule has 0 unspecified atom stereocenters. The van der Waals surface area contributed by atoms with Crippen molar-refractivity contribution in [3.8, 4) is 11.5 Å². The fourth-order valence-electron chi connectivity index (χ4n) is 1.82. The van der Waals surface area contributed by atoms with Gasteiger partial charge in [0.15, 0.2) is 11.5 Å². The molecule has 1 aromatic carbocycles. The lowest BCUT2D eigenvalue weighted by Crippen LogP contribution is -2.41. The quantitative estimate of drug-likeness (QED) is 0.389. The van der Waals surface area contributed by atoms with Crippen molar-refractivity contribution in [1.82, 2.24) is 10.7 Å². The molecule has 25 heavy (non-hydrogen) atoms. The highest BCUT2D eigenvalue weighted by Gasteiger charge is 2.14. The Morgan fingerprint density at radius 3 is 2.48 bits per heavy atom. The average Bonchev–Trinajstić information content (AvgIpc) is 2.57. The Bertz CT molecular complexity index is 635. The fourth-order valence-corrected chi connectivity index (χ4v) is 2.39. The summed E-state index contributed by atoms with van der Waals surface area (Å²) < 4.78 is 11.8. The first-order valence-electron chi connectivity index (χ1n) is 8.15. The molecule has 0 fully saturated rings. The zero-order valence-corrected chi connectivity index (χ0v) is 16.5. The number of halogens is 1. The van der Waals surface area contributed by atoms with Gasteiger partial charge in [0.1, 0.15) is 0 Å². The van der Waals surface area contributed by atoms with E-state index in [0.29, 0.717) is 34.7 Å². The molecule has 0 radical (unpaired) electrons. The minimum absolute atomic E-state index is 0.0713. The summed E-state index contributed by atoms with van der Waals surface area (Å²) in [4.78, 5) is 23.3. The molecule has 1 atom stereocenters. The van der Waals surface area contributed by atoms with Crippen molar-refractivity contribution >= 4 is 34.0 Å². The van der Waals surface area contributed by atoms with Gasteiger partial charge in [-0.15, -0.1) is 0 Å². The molecule has 0 spiro atoms. The fraction of sp³-hybridized carbons (Fsp3) is 0.471. The van der Waals surface area contributed by atoms with Gasteiger partial charge in [-0.05, 0) is 60.8 Å². The van der Waals surface area contributed by atoms with E-state index in [1.165, 1.54) is 6.21 Å². The Labute approximate surface area is 156 Å². The first-order valence-corrected chi connectivity index (χ1v) is 8.95.